The smallest absolute Gasteiger partial charge is 0.326 e. The molecule has 1 saturated carbocycles. The summed E-state index contributed by atoms with van der Waals surface area (Å²) in [6, 6.07) is 5.03. The Hall–Kier alpha value is -2.77. The zero-order valence-electron chi connectivity index (χ0n) is 14.0. The molecule has 0 aliphatic heterocycles. The number of rotatable bonds is 6. The zero-order chi connectivity index (χ0) is 18.1. The lowest BCUT2D eigenvalue weighted by atomic mass is 10.2. The van der Waals surface area contributed by atoms with Crippen molar-refractivity contribution in [1.82, 2.24) is 19.9 Å². The molecule has 1 aliphatic rings. The SMILES string of the molecule is Cc1c(C(=O)N(C2CC2)C(C)C(=O)O)nnn1Cc1ccc(F)cc1. The molecule has 7 nitrogen and oxygen atoms in total. The molecule has 0 radical (unpaired) electrons. The van der Waals surface area contributed by atoms with Gasteiger partial charge >= 0.3 is 5.97 Å². The van der Waals surface area contributed by atoms with Crippen LogP contribution in [-0.4, -0.2) is 49.0 Å². The number of benzene rings is 1. The van der Waals surface area contributed by atoms with Gasteiger partial charge in [0.1, 0.15) is 11.9 Å². The van der Waals surface area contributed by atoms with Crippen molar-refractivity contribution in [2.45, 2.75) is 45.3 Å². The van der Waals surface area contributed by atoms with Gasteiger partial charge < -0.3 is 10.0 Å². The standard InChI is InChI=1S/C17H19FN4O3/c1-10-15(16(23)22(14-7-8-14)11(2)17(24)25)19-20-21(10)9-12-3-5-13(18)6-4-12/h3-6,11,14H,7-9H2,1-2H3,(H,24,25). The molecule has 1 aromatic heterocycles. The number of halogens is 1. The van der Waals surface area contributed by atoms with Gasteiger partial charge in [-0.05, 0) is 44.4 Å². The fourth-order valence-electron chi connectivity index (χ4n) is 2.72. The van der Waals surface area contributed by atoms with Crippen molar-refractivity contribution in [3.8, 4) is 0 Å². The summed E-state index contributed by atoms with van der Waals surface area (Å²) in [4.78, 5) is 25.5. The van der Waals surface area contributed by atoms with E-state index in [0.717, 1.165) is 18.4 Å². The Bertz CT molecular complexity index is 799. The highest BCUT2D eigenvalue weighted by Crippen LogP contribution is 2.30. The van der Waals surface area contributed by atoms with E-state index in [1.165, 1.54) is 24.0 Å². The lowest BCUT2D eigenvalue weighted by molar-refractivity contribution is -0.141. The summed E-state index contributed by atoms with van der Waals surface area (Å²) in [6.07, 6.45) is 1.60. The molecule has 1 aliphatic carbocycles. The van der Waals surface area contributed by atoms with E-state index in [1.54, 1.807) is 23.7 Å². The number of hydrogen-bond donors (Lipinski definition) is 1. The van der Waals surface area contributed by atoms with Crippen molar-refractivity contribution >= 4 is 11.9 Å². The Balaban J connectivity index is 1.83. The maximum Gasteiger partial charge on any atom is 0.326 e. The Morgan fingerprint density at radius 3 is 2.56 bits per heavy atom. The number of nitrogens with zero attached hydrogens (tertiary/aromatic N) is 4. The van der Waals surface area contributed by atoms with Crippen molar-refractivity contribution in [3.63, 3.8) is 0 Å². The Labute approximate surface area is 144 Å². The van der Waals surface area contributed by atoms with Gasteiger partial charge in [0.05, 0.1) is 12.2 Å². The molecule has 3 rings (SSSR count). The summed E-state index contributed by atoms with van der Waals surface area (Å²) in [5.41, 5.74) is 1.53. The normalized spacial score (nSPS) is 15.0. The summed E-state index contributed by atoms with van der Waals surface area (Å²) in [7, 11) is 0. The first kappa shape index (κ1) is 17.1. The number of carboxylic acid groups (broad SMARTS) is 1. The van der Waals surface area contributed by atoms with Crippen LogP contribution in [0, 0.1) is 12.7 Å². The first-order chi connectivity index (χ1) is 11.9. The molecular formula is C17H19FN4O3. The molecule has 1 fully saturated rings. The number of hydrogen-bond acceptors (Lipinski definition) is 4. The summed E-state index contributed by atoms with van der Waals surface area (Å²) in [6.45, 7) is 3.56. The largest absolute Gasteiger partial charge is 0.480 e. The molecule has 1 atom stereocenters. The second-order valence-electron chi connectivity index (χ2n) is 6.27. The van der Waals surface area contributed by atoms with Gasteiger partial charge in [-0.3, -0.25) is 4.79 Å². The monoisotopic (exact) mass is 346 g/mol. The molecule has 132 valence electrons. The number of carboxylic acids is 1. The average Bonchev–Trinajstić information content (AvgIpc) is 3.34. The lowest BCUT2D eigenvalue weighted by Crippen LogP contribution is -2.45. The molecule has 0 spiro atoms. The van der Waals surface area contributed by atoms with Crippen LogP contribution in [-0.2, 0) is 11.3 Å². The highest BCUT2D eigenvalue weighted by atomic mass is 19.1. The van der Waals surface area contributed by atoms with E-state index in [4.69, 9.17) is 0 Å². The minimum atomic E-state index is -1.04. The van der Waals surface area contributed by atoms with Crippen molar-refractivity contribution in [1.29, 1.82) is 0 Å². The Kier molecular flexibility index (Phi) is 4.52. The van der Waals surface area contributed by atoms with E-state index in [0.29, 0.717) is 12.2 Å². The molecule has 1 unspecified atom stereocenters. The maximum atomic E-state index is 13.0. The van der Waals surface area contributed by atoms with Crippen LogP contribution in [0.25, 0.3) is 0 Å². The molecule has 1 amide bonds. The van der Waals surface area contributed by atoms with Crippen molar-refractivity contribution in [2.75, 3.05) is 0 Å². The number of carbonyl (C=O) groups is 2. The molecule has 2 aromatic rings. The van der Waals surface area contributed by atoms with Gasteiger partial charge in [0.15, 0.2) is 5.69 Å². The van der Waals surface area contributed by atoms with Crippen LogP contribution in [0.2, 0.25) is 0 Å². The van der Waals surface area contributed by atoms with Crippen LogP contribution >= 0.6 is 0 Å². The highest BCUT2D eigenvalue weighted by molar-refractivity contribution is 5.96. The predicted molar refractivity (Wildman–Crippen MR) is 86.6 cm³/mol. The average molecular weight is 346 g/mol. The van der Waals surface area contributed by atoms with E-state index in [-0.39, 0.29) is 17.6 Å². The van der Waals surface area contributed by atoms with Crippen LogP contribution in [0.1, 0.15) is 41.5 Å². The summed E-state index contributed by atoms with van der Waals surface area (Å²) < 4.78 is 14.5. The second-order valence-corrected chi connectivity index (χ2v) is 6.27. The molecule has 1 aromatic carbocycles. The van der Waals surface area contributed by atoms with Gasteiger partial charge in [-0.1, -0.05) is 17.3 Å². The molecule has 1 N–H and O–H groups in total. The van der Waals surface area contributed by atoms with Crippen molar-refractivity contribution < 1.29 is 19.1 Å². The third kappa shape index (κ3) is 3.52. The van der Waals surface area contributed by atoms with E-state index in [2.05, 4.69) is 10.3 Å². The zero-order valence-corrected chi connectivity index (χ0v) is 14.0. The first-order valence-corrected chi connectivity index (χ1v) is 8.08. The third-order valence-electron chi connectivity index (χ3n) is 4.38. The van der Waals surface area contributed by atoms with Crippen LogP contribution in [0.5, 0.6) is 0 Å². The molecule has 8 heteroatoms. The minimum absolute atomic E-state index is 0.0553. The highest BCUT2D eigenvalue weighted by Gasteiger charge is 2.40. The Morgan fingerprint density at radius 2 is 2.00 bits per heavy atom. The van der Waals surface area contributed by atoms with Gasteiger partial charge in [-0.25, -0.2) is 13.9 Å². The molecule has 0 saturated heterocycles. The number of aromatic nitrogens is 3. The summed E-state index contributed by atoms with van der Waals surface area (Å²) in [5, 5.41) is 17.2. The molecule has 1 heterocycles. The molecule has 25 heavy (non-hydrogen) atoms. The number of amides is 1. The molecular weight excluding hydrogens is 327 g/mol. The van der Waals surface area contributed by atoms with Crippen LogP contribution in [0.3, 0.4) is 0 Å². The minimum Gasteiger partial charge on any atom is -0.480 e. The lowest BCUT2D eigenvalue weighted by Gasteiger charge is -2.25. The van der Waals surface area contributed by atoms with E-state index >= 15 is 0 Å². The van der Waals surface area contributed by atoms with Crippen LogP contribution in [0.4, 0.5) is 4.39 Å². The van der Waals surface area contributed by atoms with Gasteiger partial charge in [-0.15, -0.1) is 5.10 Å². The fraction of sp³-hybridized carbons (Fsp3) is 0.412. The van der Waals surface area contributed by atoms with Crippen LogP contribution in [0.15, 0.2) is 24.3 Å². The third-order valence-corrected chi connectivity index (χ3v) is 4.38. The number of carbonyl (C=O) groups excluding carboxylic acids is 1. The molecule has 0 bridgehead atoms. The first-order valence-electron chi connectivity index (χ1n) is 8.08. The van der Waals surface area contributed by atoms with Gasteiger partial charge in [0.2, 0.25) is 0 Å². The quantitative estimate of drug-likeness (QED) is 0.862. The fourth-order valence-corrected chi connectivity index (χ4v) is 2.72. The van der Waals surface area contributed by atoms with Gasteiger partial charge in [0, 0.05) is 6.04 Å². The van der Waals surface area contributed by atoms with Gasteiger partial charge in [0.25, 0.3) is 5.91 Å². The van der Waals surface area contributed by atoms with E-state index in [9.17, 15) is 19.1 Å². The maximum absolute atomic E-state index is 13.0. The number of aliphatic carboxylic acids is 1. The van der Waals surface area contributed by atoms with Crippen molar-refractivity contribution in [3.05, 3.63) is 47.0 Å². The van der Waals surface area contributed by atoms with Crippen molar-refractivity contribution in [2.24, 2.45) is 0 Å². The van der Waals surface area contributed by atoms with E-state index in [1.807, 2.05) is 0 Å². The van der Waals surface area contributed by atoms with E-state index < -0.39 is 17.9 Å². The summed E-state index contributed by atoms with van der Waals surface area (Å²) in [5.74, 6) is -1.78. The predicted octanol–water partition coefficient (Wildman–Crippen LogP) is 1.85. The van der Waals surface area contributed by atoms with Crippen LogP contribution < -0.4 is 0 Å². The van der Waals surface area contributed by atoms with Gasteiger partial charge in [-0.2, -0.15) is 0 Å². The summed E-state index contributed by atoms with van der Waals surface area (Å²) >= 11 is 0. The second kappa shape index (κ2) is 6.62. The Morgan fingerprint density at radius 1 is 1.36 bits per heavy atom. The topological polar surface area (TPSA) is 88.3 Å².